The maximum absolute atomic E-state index is 12.1. The normalized spacial score (nSPS) is 17.4. The van der Waals surface area contributed by atoms with Crippen LogP contribution < -0.4 is 5.32 Å². The second kappa shape index (κ2) is 6.05. The SMILES string of the molecule is CC1(CNC(=O)c2ccccc2C(=O)O)CCOCC1. The fourth-order valence-electron chi connectivity index (χ4n) is 2.30. The molecule has 108 valence electrons. The summed E-state index contributed by atoms with van der Waals surface area (Å²) in [6.45, 7) is 4.05. The van der Waals surface area contributed by atoms with Gasteiger partial charge in [0.1, 0.15) is 0 Å². The molecule has 1 saturated heterocycles. The molecule has 0 bridgehead atoms. The van der Waals surface area contributed by atoms with Gasteiger partial charge in [-0.05, 0) is 30.4 Å². The summed E-state index contributed by atoms with van der Waals surface area (Å²) in [5, 5.41) is 11.9. The van der Waals surface area contributed by atoms with Crippen molar-refractivity contribution >= 4 is 11.9 Å². The largest absolute Gasteiger partial charge is 0.478 e. The molecule has 2 N–H and O–H groups in total. The molecule has 0 radical (unpaired) electrons. The summed E-state index contributed by atoms with van der Waals surface area (Å²) in [5.41, 5.74) is 0.254. The van der Waals surface area contributed by atoms with Crippen molar-refractivity contribution in [3.05, 3.63) is 35.4 Å². The fraction of sp³-hybridized carbons (Fsp3) is 0.467. The van der Waals surface area contributed by atoms with Crippen molar-refractivity contribution in [2.75, 3.05) is 19.8 Å². The van der Waals surface area contributed by atoms with Crippen LogP contribution in [0.1, 0.15) is 40.5 Å². The summed E-state index contributed by atoms with van der Waals surface area (Å²) in [4.78, 5) is 23.2. The number of rotatable bonds is 4. The van der Waals surface area contributed by atoms with Crippen molar-refractivity contribution in [3.8, 4) is 0 Å². The molecule has 5 heteroatoms. The molecule has 2 rings (SSSR count). The molecule has 0 aliphatic carbocycles. The van der Waals surface area contributed by atoms with Crippen molar-refractivity contribution < 1.29 is 19.4 Å². The standard InChI is InChI=1S/C15H19NO4/c1-15(6-8-20-9-7-15)10-16-13(17)11-4-2-3-5-12(11)14(18)19/h2-5H,6-10H2,1H3,(H,16,17)(H,18,19). The van der Waals surface area contributed by atoms with Gasteiger partial charge < -0.3 is 15.2 Å². The van der Waals surface area contributed by atoms with Gasteiger partial charge in [-0.3, -0.25) is 4.79 Å². The number of aromatic carboxylic acids is 1. The summed E-state index contributed by atoms with van der Waals surface area (Å²) in [6.07, 6.45) is 1.79. The van der Waals surface area contributed by atoms with E-state index in [0.717, 1.165) is 12.8 Å². The molecular weight excluding hydrogens is 258 g/mol. The second-order valence-electron chi connectivity index (χ2n) is 5.46. The lowest BCUT2D eigenvalue weighted by atomic mass is 9.82. The van der Waals surface area contributed by atoms with Crippen LogP contribution in [0.4, 0.5) is 0 Å². The number of benzene rings is 1. The highest BCUT2D eigenvalue weighted by atomic mass is 16.5. The molecule has 1 amide bonds. The van der Waals surface area contributed by atoms with Crippen LogP contribution in [-0.2, 0) is 4.74 Å². The van der Waals surface area contributed by atoms with E-state index < -0.39 is 5.97 Å². The van der Waals surface area contributed by atoms with E-state index in [9.17, 15) is 9.59 Å². The van der Waals surface area contributed by atoms with Gasteiger partial charge in [-0.2, -0.15) is 0 Å². The first-order chi connectivity index (χ1) is 9.52. The minimum absolute atomic E-state index is 0.0199. The molecule has 1 aromatic rings. The number of carboxylic acids is 1. The minimum Gasteiger partial charge on any atom is -0.478 e. The molecule has 0 unspecified atom stereocenters. The van der Waals surface area contributed by atoms with E-state index in [-0.39, 0.29) is 22.4 Å². The Hall–Kier alpha value is -1.88. The average molecular weight is 277 g/mol. The molecule has 1 aliphatic rings. The zero-order valence-electron chi connectivity index (χ0n) is 11.5. The first-order valence-corrected chi connectivity index (χ1v) is 6.70. The van der Waals surface area contributed by atoms with E-state index in [1.807, 2.05) is 0 Å². The van der Waals surface area contributed by atoms with Gasteiger partial charge in [0.05, 0.1) is 11.1 Å². The van der Waals surface area contributed by atoms with Gasteiger partial charge in [-0.25, -0.2) is 4.79 Å². The van der Waals surface area contributed by atoms with Crippen LogP contribution in [-0.4, -0.2) is 36.7 Å². The lowest BCUT2D eigenvalue weighted by Gasteiger charge is -2.33. The number of ether oxygens (including phenoxy) is 1. The quantitative estimate of drug-likeness (QED) is 0.881. The van der Waals surface area contributed by atoms with Gasteiger partial charge in [-0.1, -0.05) is 19.1 Å². The Labute approximate surface area is 117 Å². The van der Waals surface area contributed by atoms with Crippen LogP contribution >= 0.6 is 0 Å². The van der Waals surface area contributed by atoms with E-state index in [0.29, 0.717) is 19.8 Å². The van der Waals surface area contributed by atoms with Crippen LogP contribution in [0.15, 0.2) is 24.3 Å². The smallest absolute Gasteiger partial charge is 0.336 e. The molecule has 1 heterocycles. The summed E-state index contributed by atoms with van der Waals surface area (Å²) in [6, 6.07) is 6.25. The zero-order chi connectivity index (χ0) is 14.6. The molecule has 0 atom stereocenters. The number of hydrogen-bond acceptors (Lipinski definition) is 3. The van der Waals surface area contributed by atoms with Gasteiger partial charge in [0, 0.05) is 19.8 Å². The highest BCUT2D eigenvalue weighted by molar-refractivity contribution is 6.04. The zero-order valence-corrected chi connectivity index (χ0v) is 11.5. The van der Waals surface area contributed by atoms with Gasteiger partial charge >= 0.3 is 5.97 Å². The third kappa shape index (κ3) is 3.36. The number of carbonyl (C=O) groups excluding carboxylic acids is 1. The number of carbonyl (C=O) groups is 2. The van der Waals surface area contributed by atoms with Crippen LogP contribution in [0.2, 0.25) is 0 Å². The lowest BCUT2D eigenvalue weighted by Crippen LogP contribution is -2.39. The molecule has 1 aromatic carbocycles. The van der Waals surface area contributed by atoms with Crippen LogP contribution in [0.25, 0.3) is 0 Å². The third-order valence-electron chi connectivity index (χ3n) is 3.78. The number of carboxylic acid groups (broad SMARTS) is 1. The van der Waals surface area contributed by atoms with Crippen molar-refractivity contribution in [2.45, 2.75) is 19.8 Å². The maximum atomic E-state index is 12.1. The van der Waals surface area contributed by atoms with Gasteiger partial charge in [-0.15, -0.1) is 0 Å². The van der Waals surface area contributed by atoms with E-state index in [1.165, 1.54) is 12.1 Å². The Bertz CT molecular complexity index is 506. The van der Waals surface area contributed by atoms with Crippen molar-refractivity contribution in [3.63, 3.8) is 0 Å². The van der Waals surface area contributed by atoms with E-state index in [1.54, 1.807) is 12.1 Å². The summed E-state index contributed by atoms with van der Waals surface area (Å²) >= 11 is 0. The van der Waals surface area contributed by atoms with Gasteiger partial charge in [0.2, 0.25) is 0 Å². The van der Waals surface area contributed by atoms with Crippen LogP contribution in [0.3, 0.4) is 0 Å². The van der Waals surface area contributed by atoms with Crippen molar-refractivity contribution in [2.24, 2.45) is 5.41 Å². The Morgan fingerprint density at radius 2 is 1.85 bits per heavy atom. The molecule has 0 aromatic heterocycles. The first kappa shape index (κ1) is 14.5. The fourth-order valence-corrected chi connectivity index (χ4v) is 2.30. The lowest BCUT2D eigenvalue weighted by molar-refractivity contribution is 0.0238. The first-order valence-electron chi connectivity index (χ1n) is 6.70. The Balaban J connectivity index is 2.03. The Morgan fingerprint density at radius 1 is 1.25 bits per heavy atom. The maximum Gasteiger partial charge on any atom is 0.336 e. The monoisotopic (exact) mass is 277 g/mol. The van der Waals surface area contributed by atoms with Gasteiger partial charge in [0.15, 0.2) is 0 Å². The molecule has 5 nitrogen and oxygen atoms in total. The van der Waals surface area contributed by atoms with Crippen molar-refractivity contribution in [1.82, 2.24) is 5.32 Å². The van der Waals surface area contributed by atoms with E-state index in [4.69, 9.17) is 9.84 Å². The van der Waals surface area contributed by atoms with Gasteiger partial charge in [0.25, 0.3) is 5.91 Å². The topological polar surface area (TPSA) is 75.6 Å². The molecule has 1 fully saturated rings. The molecule has 0 saturated carbocycles. The molecule has 1 aliphatic heterocycles. The van der Waals surface area contributed by atoms with Crippen molar-refractivity contribution in [1.29, 1.82) is 0 Å². The number of amides is 1. The molecule has 0 spiro atoms. The predicted molar refractivity (Wildman–Crippen MR) is 73.9 cm³/mol. The Kier molecular flexibility index (Phi) is 4.39. The minimum atomic E-state index is -1.09. The van der Waals surface area contributed by atoms with Crippen LogP contribution in [0, 0.1) is 5.41 Å². The summed E-state index contributed by atoms with van der Waals surface area (Å²) in [5.74, 6) is -1.43. The van der Waals surface area contributed by atoms with E-state index >= 15 is 0 Å². The summed E-state index contributed by atoms with van der Waals surface area (Å²) < 4.78 is 5.32. The average Bonchev–Trinajstić information content (AvgIpc) is 2.45. The summed E-state index contributed by atoms with van der Waals surface area (Å²) in [7, 11) is 0. The second-order valence-corrected chi connectivity index (χ2v) is 5.46. The number of nitrogens with one attached hydrogen (secondary N) is 1. The molecular formula is C15H19NO4. The molecule has 20 heavy (non-hydrogen) atoms. The highest BCUT2D eigenvalue weighted by Gasteiger charge is 2.28. The Morgan fingerprint density at radius 3 is 2.45 bits per heavy atom. The third-order valence-corrected chi connectivity index (χ3v) is 3.78. The van der Waals surface area contributed by atoms with E-state index in [2.05, 4.69) is 12.2 Å². The predicted octanol–water partition coefficient (Wildman–Crippen LogP) is 1.93. The number of hydrogen-bond donors (Lipinski definition) is 2. The van der Waals surface area contributed by atoms with Crippen LogP contribution in [0.5, 0.6) is 0 Å². The highest BCUT2D eigenvalue weighted by Crippen LogP contribution is 2.28.